The number of aryl methyl sites for hydroxylation is 2. The summed E-state index contributed by atoms with van der Waals surface area (Å²) in [5, 5.41) is 0.101. The van der Waals surface area contributed by atoms with Crippen molar-refractivity contribution in [3.05, 3.63) is 63.4 Å². The first-order chi connectivity index (χ1) is 9.43. The summed E-state index contributed by atoms with van der Waals surface area (Å²) in [7, 11) is 1.63. The highest BCUT2D eigenvalue weighted by Crippen LogP contribution is 2.30. The van der Waals surface area contributed by atoms with Gasteiger partial charge < -0.3 is 10.5 Å². The van der Waals surface area contributed by atoms with E-state index >= 15 is 0 Å². The van der Waals surface area contributed by atoms with Gasteiger partial charge in [0.05, 0.1) is 18.2 Å². The molecule has 1 atom stereocenters. The van der Waals surface area contributed by atoms with E-state index in [9.17, 15) is 4.39 Å². The van der Waals surface area contributed by atoms with Crippen LogP contribution in [0.3, 0.4) is 0 Å². The van der Waals surface area contributed by atoms with Crippen LogP contribution < -0.4 is 10.5 Å². The molecular formula is C16H17ClFNO. The summed E-state index contributed by atoms with van der Waals surface area (Å²) < 4.78 is 18.8. The molecule has 0 saturated carbocycles. The Balaban J connectivity index is 2.45. The first-order valence-corrected chi connectivity index (χ1v) is 6.67. The zero-order valence-electron chi connectivity index (χ0n) is 11.7. The van der Waals surface area contributed by atoms with Crippen LogP contribution in [0, 0.1) is 19.7 Å². The van der Waals surface area contributed by atoms with E-state index in [1.54, 1.807) is 13.2 Å². The molecule has 0 radical (unpaired) electrons. The van der Waals surface area contributed by atoms with Crippen LogP contribution in [0.25, 0.3) is 0 Å². The molecule has 1 unspecified atom stereocenters. The molecule has 0 aliphatic carbocycles. The lowest BCUT2D eigenvalue weighted by atomic mass is 9.94. The highest BCUT2D eigenvalue weighted by molar-refractivity contribution is 6.30. The van der Waals surface area contributed by atoms with Crippen LogP contribution in [0.1, 0.15) is 28.3 Å². The number of halogens is 2. The summed E-state index contributed by atoms with van der Waals surface area (Å²) >= 11 is 5.70. The van der Waals surface area contributed by atoms with Gasteiger partial charge in [0.25, 0.3) is 0 Å². The molecule has 0 spiro atoms. The molecular weight excluding hydrogens is 277 g/mol. The smallest absolute Gasteiger partial charge is 0.142 e. The first kappa shape index (κ1) is 14.8. The largest absolute Gasteiger partial charge is 0.496 e. The van der Waals surface area contributed by atoms with Crippen LogP contribution >= 0.6 is 11.6 Å². The minimum absolute atomic E-state index is 0.101. The maximum absolute atomic E-state index is 13.5. The fourth-order valence-electron chi connectivity index (χ4n) is 2.25. The summed E-state index contributed by atoms with van der Waals surface area (Å²) in [6.07, 6.45) is 0. The number of nitrogens with two attached hydrogens (primary N) is 1. The van der Waals surface area contributed by atoms with Crippen LogP contribution in [0.5, 0.6) is 5.75 Å². The molecule has 2 rings (SSSR count). The van der Waals surface area contributed by atoms with Gasteiger partial charge in [-0.25, -0.2) is 4.39 Å². The van der Waals surface area contributed by atoms with Crippen LogP contribution in [-0.2, 0) is 0 Å². The van der Waals surface area contributed by atoms with E-state index in [1.807, 2.05) is 26.0 Å². The van der Waals surface area contributed by atoms with Gasteiger partial charge in [0, 0.05) is 0 Å². The Labute approximate surface area is 123 Å². The number of hydrogen-bond acceptors (Lipinski definition) is 2. The molecule has 2 aromatic rings. The number of benzene rings is 2. The fourth-order valence-corrected chi connectivity index (χ4v) is 2.37. The second kappa shape index (κ2) is 5.81. The Morgan fingerprint density at radius 2 is 1.85 bits per heavy atom. The van der Waals surface area contributed by atoms with E-state index in [1.165, 1.54) is 12.1 Å². The van der Waals surface area contributed by atoms with Crippen LogP contribution in [0.15, 0.2) is 30.3 Å². The monoisotopic (exact) mass is 293 g/mol. The number of hydrogen-bond donors (Lipinski definition) is 1. The Morgan fingerprint density at radius 1 is 1.15 bits per heavy atom. The van der Waals surface area contributed by atoms with E-state index in [4.69, 9.17) is 22.1 Å². The van der Waals surface area contributed by atoms with E-state index in [0.29, 0.717) is 5.56 Å². The molecule has 4 heteroatoms. The minimum Gasteiger partial charge on any atom is -0.496 e. The highest BCUT2D eigenvalue weighted by Gasteiger charge is 2.15. The molecule has 0 amide bonds. The summed E-state index contributed by atoms with van der Waals surface area (Å²) in [4.78, 5) is 0. The molecule has 0 heterocycles. The van der Waals surface area contributed by atoms with Crippen molar-refractivity contribution in [2.45, 2.75) is 19.9 Å². The van der Waals surface area contributed by atoms with Crippen LogP contribution in [-0.4, -0.2) is 7.11 Å². The lowest BCUT2D eigenvalue weighted by Gasteiger charge is -2.18. The van der Waals surface area contributed by atoms with Gasteiger partial charge in [-0.05, 0) is 54.3 Å². The normalized spacial score (nSPS) is 12.3. The Bertz CT molecular complexity index is 643. The third-order valence-corrected chi connectivity index (χ3v) is 3.73. The highest BCUT2D eigenvalue weighted by atomic mass is 35.5. The van der Waals surface area contributed by atoms with E-state index in [2.05, 4.69) is 0 Å². The van der Waals surface area contributed by atoms with Crippen molar-refractivity contribution in [3.8, 4) is 5.75 Å². The zero-order chi connectivity index (χ0) is 14.9. The van der Waals surface area contributed by atoms with Gasteiger partial charge in [-0.3, -0.25) is 0 Å². The summed E-state index contributed by atoms with van der Waals surface area (Å²) in [5.41, 5.74) is 9.90. The molecule has 106 valence electrons. The molecule has 0 aliphatic heterocycles. The first-order valence-electron chi connectivity index (χ1n) is 6.29. The Kier molecular flexibility index (Phi) is 4.31. The second-order valence-corrected chi connectivity index (χ2v) is 5.24. The van der Waals surface area contributed by atoms with E-state index < -0.39 is 11.9 Å². The van der Waals surface area contributed by atoms with Crippen molar-refractivity contribution in [3.63, 3.8) is 0 Å². The topological polar surface area (TPSA) is 35.2 Å². The van der Waals surface area contributed by atoms with Crippen molar-refractivity contribution >= 4 is 11.6 Å². The summed E-state index contributed by atoms with van der Waals surface area (Å²) in [5.74, 6) is 0.364. The van der Waals surface area contributed by atoms with Crippen molar-refractivity contribution < 1.29 is 9.13 Å². The lowest BCUT2D eigenvalue weighted by Crippen LogP contribution is -2.14. The quantitative estimate of drug-likeness (QED) is 0.922. The third-order valence-electron chi connectivity index (χ3n) is 3.42. The minimum atomic E-state index is -0.456. The van der Waals surface area contributed by atoms with Crippen molar-refractivity contribution in [2.24, 2.45) is 5.73 Å². The van der Waals surface area contributed by atoms with Crippen molar-refractivity contribution in [1.29, 1.82) is 0 Å². The molecule has 2 aromatic carbocycles. The average molecular weight is 294 g/mol. The SMILES string of the molecule is COc1cc(C)c(C(N)c2ccc(Cl)c(F)c2)cc1C. The Hall–Kier alpha value is -1.58. The molecule has 0 aromatic heterocycles. The van der Waals surface area contributed by atoms with E-state index in [-0.39, 0.29) is 5.02 Å². The van der Waals surface area contributed by atoms with Gasteiger partial charge in [0.1, 0.15) is 11.6 Å². The van der Waals surface area contributed by atoms with Gasteiger partial charge in [0.2, 0.25) is 0 Å². The van der Waals surface area contributed by atoms with Gasteiger partial charge in [-0.1, -0.05) is 23.7 Å². The van der Waals surface area contributed by atoms with Crippen molar-refractivity contribution in [1.82, 2.24) is 0 Å². The molecule has 2 nitrogen and oxygen atoms in total. The molecule has 0 bridgehead atoms. The maximum atomic E-state index is 13.5. The third kappa shape index (κ3) is 2.79. The standard InChI is InChI=1S/C16H17ClFNO/c1-9-7-15(20-3)10(2)6-12(9)16(19)11-4-5-13(17)14(18)8-11/h4-8,16H,19H2,1-3H3. The van der Waals surface area contributed by atoms with Crippen LogP contribution in [0.4, 0.5) is 4.39 Å². The average Bonchev–Trinajstić information content (AvgIpc) is 2.43. The molecule has 0 aliphatic rings. The summed E-state index contributed by atoms with van der Waals surface area (Å²) in [6, 6.07) is 8.17. The molecule has 0 fully saturated rings. The Morgan fingerprint density at radius 3 is 2.45 bits per heavy atom. The summed E-state index contributed by atoms with van der Waals surface area (Å²) in [6.45, 7) is 3.92. The van der Waals surface area contributed by atoms with Crippen molar-refractivity contribution in [2.75, 3.05) is 7.11 Å². The van der Waals surface area contributed by atoms with Gasteiger partial charge in [-0.2, -0.15) is 0 Å². The predicted molar refractivity (Wildman–Crippen MR) is 79.9 cm³/mol. The van der Waals surface area contributed by atoms with Gasteiger partial charge >= 0.3 is 0 Å². The van der Waals surface area contributed by atoms with Gasteiger partial charge in [0.15, 0.2) is 0 Å². The van der Waals surface area contributed by atoms with Gasteiger partial charge in [-0.15, -0.1) is 0 Å². The second-order valence-electron chi connectivity index (χ2n) is 4.83. The lowest BCUT2D eigenvalue weighted by molar-refractivity contribution is 0.411. The molecule has 2 N–H and O–H groups in total. The maximum Gasteiger partial charge on any atom is 0.142 e. The molecule has 20 heavy (non-hydrogen) atoms. The number of rotatable bonds is 3. The number of methoxy groups -OCH3 is 1. The zero-order valence-corrected chi connectivity index (χ0v) is 12.5. The van der Waals surface area contributed by atoms with E-state index in [0.717, 1.165) is 22.4 Å². The number of ether oxygens (including phenoxy) is 1. The predicted octanol–water partition coefficient (Wildman–Crippen LogP) is 4.15. The van der Waals surface area contributed by atoms with Crippen LogP contribution in [0.2, 0.25) is 5.02 Å². The molecule has 0 saturated heterocycles. The fraction of sp³-hybridized carbons (Fsp3) is 0.250.